The molecule has 0 amide bonds. The molecule has 0 radical (unpaired) electrons. The second-order valence-corrected chi connectivity index (χ2v) is 2.04. The zero-order valence-corrected chi connectivity index (χ0v) is 5.94. The van der Waals surface area contributed by atoms with Crippen LogP contribution in [0.5, 0.6) is 0 Å². The summed E-state index contributed by atoms with van der Waals surface area (Å²) in [7, 11) is 1.62. The Balaban J connectivity index is 3.26. The van der Waals surface area contributed by atoms with E-state index in [1.807, 2.05) is 0 Å². The SMILES string of the molecule is Cn1ccc(N=C=O)cc1=O. The van der Waals surface area contributed by atoms with E-state index in [9.17, 15) is 9.59 Å². The van der Waals surface area contributed by atoms with Crippen LogP contribution in [0, 0.1) is 0 Å². The standard InChI is InChI=1S/C7H6N2O2/c1-9-3-2-6(8-5-10)4-7(9)11/h2-4H,1H3. The molecule has 0 saturated heterocycles. The second kappa shape index (κ2) is 2.94. The third-order valence-electron chi connectivity index (χ3n) is 1.26. The summed E-state index contributed by atoms with van der Waals surface area (Å²) >= 11 is 0. The zero-order chi connectivity index (χ0) is 8.27. The van der Waals surface area contributed by atoms with Gasteiger partial charge in [-0.3, -0.25) is 4.79 Å². The minimum Gasteiger partial charge on any atom is -0.318 e. The maximum atomic E-state index is 10.9. The molecule has 0 aliphatic carbocycles. The molecule has 1 rings (SSSR count). The Morgan fingerprint density at radius 3 is 2.91 bits per heavy atom. The van der Waals surface area contributed by atoms with Crippen LogP contribution in [0.25, 0.3) is 0 Å². The van der Waals surface area contributed by atoms with E-state index in [1.54, 1.807) is 19.3 Å². The van der Waals surface area contributed by atoms with E-state index in [0.29, 0.717) is 5.69 Å². The first-order valence-corrected chi connectivity index (χ1v) is 2.98. The molecule has 0 atom stereocenters. The van der Waals surface area contributed by atoms with Crippen LogP contribution >= 0.6 is 0 Å². The highest BCUT2D eigenvalue weighted by Gasteiger charge is 1.91. The van der Waals surface area contributed by atoms with Crippen molar-refractivity contribution in [2.45, 2.75) is 0 Å². The average Bonchev–Trinajstić information content (AvgIpc) is 1.98. The molecule has 0 saturated carbocycles. The van der Waals surface area contributed by atoms with E-state index in [0.717, 1.165) is 0 Å². The molecule has 1 heterocycles. The summed E-state index contributed by atoms with van der Waals surface area (Å²) in [6.45, 7) is 0. The first kappa shape index (κ1) is 7.44. The molecule has 1 aromatic heterocycles. The number of aliphatic imine (C=N–C) groups is 1. The Hall–Kier alpha value is -1.67. The van der Waals surface area contributed by atoms with Gasteiger partial charge in [-0.2, -0.15) is 4.99 Å². The fourth-order valence-corrected chi connectivity index (χ4v) is 0.660. The van der Waals surface area contributed by atoms with Gasteiger partial charge >= 0.3 is 0 Å². The molecule has 0 bridgehead atoms. The molecule has 0 N–H and O–H groups in total. The predicted octanol–water partition coefficient (Wildman–Crippen LogP) is 0.353. The van der Waals surface area contributed by atoms with Gasteiger partial charge in [0, 0.05) is 19.3 Å². The van der Waals surface area contributed by atoms with Gasteiger partial charge in [-0.05, 0) is 6.07 Å². The maximum Gasteiger partial charge on any atom is 0.252 e. The lowest BCUT2D eigenvalue weighted by Crippen LogP contribution is -2.13. The summed E-state index contributed by atoms with van der Waals surface area (Å²) < 4.78 is 1.39. The molecule has 0 spiro atoms. The summed E-state index contributed by atoms with van der Waals surface area (Å²) in [5.41, 5.74) is 0.143. The number of isocyanates is 1. The lowest BCUT2D eigenvalue weighted by molar-refractivity contribution is 0.565. The molecule has 4 heteroatoms. The minimum atomic E-state index is -0.193. The van der Waals surface area contributed by atoms with Crippen molar-refractivity contribution < 1.29 is 4.79 Å². The predicted molar refractivity (Wildman–Crippen MR) is 39.5 cm³/mol. The van der Waals surface area contributed by atoms with Gasteiger partial charge in [-0.25, -0.2) is 4.79 Å². The highest BCUT2D eigenvalue weighted by Crippen LogP contribution is 2.03. The van der Waals surface area contributed by atoms with Crippen LogP contribution in [0.1, 0.15) is 0 Å². The van der Waals surface area contributed by atoms with Gasteiger partial charge in [0.25, 0.3) is 5.56 Å². The third-order valence-corrected chi connectivity index (χ3v) is 1.26. The average molecular weight is 150 g/mol. The molecular formula is C7H6N2O2. The summed E-state index contributed by atoms with van der Waals surface area (Å²) in [6.07, 6.45) is 2.90. The first-order valence-electron chi connectivity index (χ1n) is 2.98. The molecule has 0 unspecified atom stereocenters. The van der Waals surface area contributed by atoms with Crippen LogP contribution < -0.4 is 5.56 Å². The number of carbonyl (C=O) groups excluding carboxylic acids is 1. The Morgan fingerprint density at radius 1 is 1.64 bits per heavy atom. The van der Waals surface area contributed by atoms with Crippen molar-refractivity contribution in [1.82, 2.24) is 4.57 Å². The monoisotopic (exact) mass is 150 g/mol. The largest absolute Gasteiger partial charge is 0.318 e. The van der Waals surface area contributed by atoms with Crippen molar-refractivity contribution >= 4 is 11.8 Å². The number of hydrogen-bond acceptors (Lipinski definition) is 3. The normalized spacial score (nSPS) is 8.82. The van der Waals surface area contributed by atoms with Crippen LogP contribution in [-0.4, -0.2) is 10.6 Å². The van der Waals surface area contributed by atoms with E-state index in [-0.39, 0.29) is 5.56 Å². The molecule has 0 fully saturated rings. The van der Waals surface area contributed by atoms with Crippen molar-refractivity contribution in [1.29, 1.82) is 0 Å². The van der Waals surface area contributed by atoms with Crippen LogP contribution in [-0.2, 0) is 11.8 Å². The van der Waals surface area contributed by atoms with Crippen molar-refractivity contribution in [3.63, 3.8) is 0 Å². The Bertz CT molecular complexity index is 361. The van der Waals surface area contributed by atoms with E-state index >= 15 is 0 Å². The molecule has 11 heavy (non-hydrogen) atoms. The number of aryl methyl sites for hydroxylation is 1. The smallest absolute Gasteiger partial charge is 0.252 e. The van der Waals surface area contributed by atoms with Crippen molar-refractivity contribution in [3.8, 4) is 0 Å². The second-order valence-electron chi connectivity index (χ2n) is 2.04. The van der Waals surface area contributed by atoms with Gasteiger partial charge in [0.15, 0.2) is 0 Å². The molecule has 1 aromatic rings. The number of rotatable bonds is 1. The Kier molecular flexibility index (Phi) is 1.99. The third kappa shape index (κ3) is 1.63. The van der Waals surface area contributed by atoms with Gasteiger partial charge < -0.3 is 4.57 Å². The molecule has 0 aliphatic heterocycles. The van der Waals surface area contributed by atoms with Crippen molar-refractivity contribution in [2.75, 3.05) is 0 Å². The van der Waals surface area contributed by atoms with Crippen LogP contribution in [0.4, 0.5) is 5.69 Å². The highest BCUT2D eigenvalue weighted by molar-refractivity contribution is 5.47. The van der Waals surface area contributed by atoms with Crippen LogP contribution in [0.3, 0.4) is 0 Å². The quantitative estimate of drug-likeness (QED) is 0.428. The lowest BCUT2D eigenvalue weighted by Gasteiger charge is -1.93. The van der Waals surface area contributed by atoms with E-state index in [4.69, 9.17) is 0 Å². The van der Waals surface area contributed by atoms with Gasteiger partial charge in [0.1, 0.15) is 0 Å². The zero-order valence-electron chi connectivity index (χ0n) is 5.94. The summed E-state index contributed by atoms with van der Waals surface area (Å²) in [4.78, 5) is 23.9. The van der Waals surface area contributed by atoms with Crippen molar-refractivity contribution in [2.24, 2.45) is 12.0 Å². The van der Waals surface area contributed by atoms with Gasteiger partial charge in [-0.15, -0.1) is 0 Å². The van der Waals surface area contributed by atoms with Gasteiger partial charge in [0.2, 0.25) is 6.08 Å². The number of aromatic nitrogens is 1. The molecular weight excluding hydrogens is 144 g/mol. The van der Waals surface area contributed by atoms with E-state index in [1.165, 1.54) is 16.7 Å². The van der Waals surface area contributed by atoms with Crippen LogP contribution in [0.2, 0.25) is 0 Å². The summed E-state index contributed by atoms with van der Waals surface area (Å²) in [5, 5.41) is 0. The number of hydrogen-bond donors (Lipinski definition) is 0. The molecule has 0 aromatic carbocycles. The first-order chi connectivity index (χ1) is 5.24. The highest BCUT2D eigenvalue weighted by atomic mass is 16.1. The van der Waals surface area contributed by atoms with Crippen molar-refractivity contribution in [3.05, 3.63) is 28.7 Å². The topological polar surface area (TPSA) is 51.4 Å². The minimum absolute atomic E-state index is 0.193. The van der Waals surface area contributed by atoms with E-state index in [2.05, 4.69) is 4.99 Å². The lowest BCUT2D eigenvalue weighted by atomic mass is 10.4. The number of nitrogens with zero attached hydrogens (tertiary/aromatic N) is 2. The molecule has 0 aliphatic rings. The van der Waals surface area contributed by atoms with Crippen LogP contribution in [0.15, 0.2) is 28.1 Å². The maximum absolute atomic E-state index is 10.9. The summed E-state index contributed by atoms with van der Waals surface area (Å²) in [6, 6.07) is 2.83. The fraction of sp³-hybridized carbons (Fsp3) is 0.143. The van der Waals surface area contributed by atoms with Gasteiger partial charge in [0.05, 0.1) is 5.69 Å². The number of pyridine rings is 1. The van der Waals surface area contributed by atoms with Gasteiger partial charge in [-0.1, -0.05) is 0 Å². The Morgan fingerprint density at radius 2 is 2.36 bits per heavy atom. The summed E-state index contributed by atoms with van der Waals surface area (Å²) in [5.74, 6) is 0. The fourth-order valence-electron chi connectivity index (χ4n) is 0.660. The molecule has 56 valence electrons. The molecule has 4 nitrogen and oxygen atoms in total. The van der Waals surface area contributed by atoms with E-state index < -0.39 is 0 Å². The Labute approximate surface area is 62.8 Å².